The van der Waals surface area contributed by atoms with Gasteiger partial charge in [0.25, 0.3) is 0 Å². The molecular weight excluding hydrogens is 262 g/mol. The number of nitrogens with two attached hydrogens (primary N) is 1. The topological polar surface area (TPSA) is 58.4 Å². The zero-order valence-corrected chi connectivity index (χ0v) is 13.5. The smallest absolute Gasteiger partial charge is 0.237 e. The minimum atomic E-state index is -0.397. The van der Waals surface area contributed by atoms with Crippen LogP contribution in [0.2, 0.25) is 0 Å². The summed E-state index contributed by atoms with van der Waals surface area (Å²) in [6.45, 7) is 8.77. The fraction of sp³-hybridized carbons (Fsp3) is 0.588. The Morgan fingerprint density at radius 1 is 1.29 bits per heavy atom. The molecule has 1 amide bonds. The van der Waals surface area contributed by atoms with Gasteiger partial charge in [0.15, 0.2) is 0 Å². The Morgan fingerprint density at radius 2 is 1.95 bits per heavy atom. The highest BCUT2D eigenvalue weighted by Gasteiger charge is 2.18. The maximum Gasteiger partial charge on any atom is 0.237 e. The molecule has 0 aliphatic heterocycles. The summed E-state index contributed by atoms with van der Waals surface area (Å²) in [5, 5.41) is 2.94. The number of para-hydroxylation sites is 1. The van der Waals surface area contributed by atoms with Gasteiger partial charge in [-0.1, -0.05) is 38.5 Å². The van der Waals surface area contributed by atoms with Crippen LogP contribution in [0, 0.1) is 5.92 Å². The van der Waals surface area contributed by atoms with Gasteiger partial charge in [-0.15, -0.1) is 0 Å². The third kappa shape index (κ3) is 5.76. The molecule has 4 heteroatoms. The van der Waals surface area contributed by atoms with Gasteiger partial charge in [-0.3, -0.25) is 4.79 Å². The quantitative estimate of drug-likeness (QED) is 0.687. The maximum absolute atomic E-state index is 11.9. The van der Waals surface area contributed by atoms with E-state index in [-0.39, 0.29) is 11.8 Å². The molecule has 1 aromatic carbocycles. The number of nitrogens with one attached hydrogen (secondary N) is 1. The summed E-state index contributed by atoms with van der Waals surface area (Å²) >= 11 is 0. The molecule has 3 N–H and O–H groups in total. The van der Waals surface area contributed by atoms with E-state index in [9.17, 15) is 4.79 Å². The lowest BCUT2D eigenvalue weighted by Crippen LogP contribution is -2.45. The average Bonchev–Trinajstić information content (AvgIpc) is 2.54. The summed E-state index contributed by atoms with van der Waals surface area (Å²) in [5.41, 5.74) is 7.13. The van der Waals surface area contributed by atoms with Crippen LogP contribution in [0.15, 0.2) is 30.3 Å². The van der Waals surface area contributed by atoms with Crippen LogP contribution >= 0.6 is 0 Å². The molecule has 1 aromatic rings. The highest BCUT2D eigenvalue weighted by molar-refractivity contribution is 5.81. The summed E-state index contributed by atoms with van der Waals surface area (Å²) in [7, 11) is 0. The van der Waals surface area contributed by atoms with Crippen LogP contribution < -0.4 is 16.0 Å². The molecule has 0 spiro atoms. The van der Waals surface area contributed by atoms with Gasteiger partial charge in [0.1, 0.15) is 0 Å². The number of hydrogen-bond donors (Lipinski definition) is 2. The van der Waals surface area contributed by atoms with Crippen molar-refractivity contribution < 1.29 is 4.79 Å². The largest absolute Gasteiger partial charge is 0.372 e. The number of amides is 1. The van der Waals surface area contributed by atoms with Crippen LogP contribution in [-0.2, 0) is 4.79 Å². The van der Waals surface area contributed by atoms with Crippen molar-refractivity contribution in [2.24, 2.45) is 11.7 Å². The predicted octanol–water partition coefficient (Wildman–Crippen LogP) is 2.39. The molecule has 1 unspecified atom stereocenters. The van der Waals surface area contributed by atoms with Crippen molar-refractivity contribution in [2.75, 3.05) is 24.5 Å². The molecule has 1 rings (SSSR count). The van der Waals surface area contributed by atoms with E-state index in [1.807, 2.05) is 25.1 Å². The van der Waals surface area contributed by atoms with E-state index in [0.717, 1.165) is 25.9 Å². The van der Waals surface area contributed by atoms with Crippen molar-refractivity contribution in [3.8, 4) is 0 Å². The van der Waals surface area contributed by atoms with E-state index in [1.54, 1.807) is 0 Å². The van der Waals surface area contributed by atoms with E-state index in [0.29, 0.717) is 6.54 Å². The van der Waals surface area contributed by atoms with Crippen LogP contribution in [0.3, 0.4) is 0 Å². The first-order valence-corrected chi connectivity index (χ1v) is 7.93. The van der Waals surface area contributed by atoms with E-state index in [2.05, 4.69) is 36.2 Å². The molecular formula is C17H29N3O. The standard InChI is InChI=1S/C17H29N3O/c1-4-14(3)16(18)17(21)19-12-9-13-20(5-2)15-10-7-6-8-11-15/h6-8,10-11,14,16H,4-5,9,12-13,18H2,1-3H3,(H,19,21)/t14?,16-/m0/s1. The molecule has 0 fully saturated rings. The van der Waals surface area contributed by atoms with Crippen LogP contribution in [0.5, 0.6) is 0 Å². The van der Waals surface area contributed by atoms with Crippen LogP contribution in [0.25, 0.3) is 0 Å². The molecule has 0 saturated carbocycles. The molecule has 118 valence electrons. The van der Waals surface area contributed by atoms with E-state index in [4.69, 9.17) is 5.73 Å². The highest BCUT2D eigenvalue weighted by atomic mass is 16.2. The zero-order chi connectivity index (χ0) is 15.7. The van der Waals surface area contributed by atoms with Crippen molar-refractivity contribution in [1.82, 2.24) is 5.32 Å². The van der Waals surface area contributed by atoms with Crippen molar-refractivity contribution in [1.29, 1.82) is 0 Å². The number of carbonyl (C=O) groups is 1. The zero-order valence-electron chi connectivity index (χ0n) is 13.5. The van der Waals surface area contributed by atoms with E-state index >= 15 is 0 Å². The molecule has 0 radical (unpaired) electrons. The first-order valence-electron chi connectivity index (χ1n) is 7.93. The second-order valence-electron chi connectivity index (χ2n) is 5.47. The predicted molar refractivity (Wildman–Crippen MR) is 89.4 cm³/mol. The molecule has 0 aliphatic rings. The molecule has 0 saturated heterocycles. The third-order valence-corrected chi connectivity index (χ3v) is 3.97. The third-order valence-electron chi connectivity index (χ3n) is 3.97. The Kier molecular flexibility index (Phi) is 7.83. The van der Waals surface area contributed by atoms with Crippen molar-refractivity contribution in [3.63, 3.8) is 0 Å². The van der Waals surface area contributed by atoms with Crippen LogP contribution in [0.4, 0.5) is 5.69 Å². The Hall–Kier alpha value is -1.55. The lowest BCUT2D eigenvalue weighted by Gasteiger charge is -2.23. The van der Waals surface area contributed by atoms with Gasteiger partial charge in [-0.05, 0) is 31.4 Å². The van der Waals surface area contributed by atoms with E-state index < -0.39 is 6.04 Å². The fourth-order valence-corrected chi connectivity index (χ4v) is 2.22. The average molecular weight is 291 g/mol. The Morgan fingerprint density at radius 3 is 2.52 bits per heavy atom. The normalized spacial score (nSPS) is 13.5. The molecule has 4 nitrogen and oxygen atoms in total. The summed E-state index contributed by atoms with van der Waals surface area (Å²) in [6, 6.07) is 9.94. The molecule has 21 heavy (non-hydrogen) atoms. The number of carbonyl (C=O) groups excluding carboxylic acids is 1. The van der Waals surface area contributed by atoms with Gasteiger partial charge in [0, 0.05) is 25.3 Å². The molecule has 0 aromatic heterocycles. The number of nitrogens with zero attached hydrogens (tertiary/aromatic N) is 1. The molecule has 0 aliphatic carbocycles. The number of benzene rings is 1. The molecule has 2 atom stereocenters. The number of rotatable bonds is 9. The Bertz CT molecular complexity index is 408. The molecule has 0 bridgehead atoms. The van der Waals surface area contributed by atoms with Crippen LogP contribution in [0.1, 0.15) is 33.6 Å². The van der Waals surface area contributed by atoms with Gasteiger partial charge in [0.2, 0.25) is 5.91 Å². The highest BCUT2D eigenvalue weighted by Crippen LogP contribution is 2.12. The first kappa shape index (κ1) is 17.5. The summed E-state index contributed by atoms with van der Waals surface area (Å²) < 4.78 is 0. The SMILES string of the molecule is CCC(C)[C@H](N)C(=O)NCCCN(CC)c1ccccc1. The van der Waals surface area contributed by atoms with Gasteiger partial charge >= 0.3 is 0 Å². The number of hydrogen-bond acceptors (Lipinski definition) is 3. The second kappa shape index (κ2) is 9.40. The van der Waals surface area contributed by atoms with Crippen molar-refractivity contribution in [2.45, 2.75) is 39.7 Å². The molecule has 0 heterocycles. The summed E-state index contributed by atoms with van der Waals surface area (Å²) in [6.07, 6.45) is 1.84. The minimum Gasteiger partial charge on any atom is -0.372 e. The summed E-state index contributed by atoms with van der Waals surface area (Å²) in [5.74, 6) is 0.188. The van der Waals surface area contributed by atoms with Gasteiger partial charge in [0.05, 0.1) is 6.04 Å². The lowest BCUT2D eigenvalue weighted by molar-refractivity contribution is -0.123. The van der Waals surface area contributed by atoms with Crippen molar-refractivity contribution >= 4 is 11.6 Å². The van der Waals surface area contributed by atoms with Crippen LogP contribution in [-0.4, -0.2) is 31.6 Å². The minimum absolute atomic E-state index is 0.0351. The maximum atomic E-state index is 11.9. The summed E-state index contributed by atoms with van der Waals surface area (Å²) in [4.78, 5) is 14.2. The van der Waals surface area contributed by atoms with Gasteiger partial charge in [-0.2, -0.15) is 0 Å². The Labute approximate surface area is 128 Å². The first-order chi connectivity index (χ1) is 10.1. The van der Waals surface area contributed by atoms with Gasteiger partial charge in [-0.25, -0.2) is 0 Å². The van der Waals surface area contributed by atoms with Crippen molar-refractivity contribution in [3.05, 3.63) is 30.3 Å². The second-order valence-corrected chi connectivity index (χ2v) is 5.47. The van der Waals surface area contributed by atoms with E-state index in [1.165, 1.54) is 5.69 Å². The Balaban J connectivity index is 2.31. The monoisotopic (exact) mass is 291 g/mol. The number of anilines is 1. The fourth-order valence-electron chi connectivity index (χ4n) is 2.22. The van der Waals surface area contributed by atoms with Gasteiger partial charge < -0.3 is 16.0 Å². The lowest BCUT2D eigenvalue weighted by atomic mass is 9.99.